The van der Waals surface area contributed by atoms with E-state index in [4.69, 9.17) is 9.47 Å². The highest BCUT2D eigenvalue weighted by atomic mass is 32.1. The standard InChI is InChI=1S/C35H40N4O5S/c1-23-22-45-34(37-23)31-13-8-14-39(31)35(42)27-17-26(18-29(19-27)44-3)33(41)38-30(16-24-9-5-4-6-10-24)32(40)21-36-20-25-11-7-12-28(15-25)43-2/h4-7,9-12,15,17-19,22,30-32,36,40H,8,13-14,16,20-21H2,1-3H3,(H,38,41). The van der Waals surface area contributed by atoms with E-state index >= 15 is 0 Å². The second-order valence-electron chi connectivity index (χ2n) is 11.3. The lowest BCUT2D eigenvalue weighted by Gasteiger charge is -2.26. The Morgan fingerprint density at radius 1 is 1.00 bits per heavy atom. The Labute approximate surface area is 268 Å². The van der Waals surface area contributed by atoms with Crippen LogP contribution in [0.25, 0.3) is 0 Å². The molecule has 0 saturated carbocycles. The number of amides is 2. The second kappa shape index (κ2) is 15.2. The second-order valence-corrected chi connectivity index (χ2v) is 12.1. The van der Waals surface area contributed by atoms with Gasteiger partial charge < -0.3 is 30.1 Å². The van der Waals surface area contributed by atoms with Gasteiger partial charge >= 0.3 is 0 Å². The summed E-state index contributed by atoms with van der Waals surface area (Å²) < 4.78 is 10.8. The maximum absolute atomic E-state index is 13.8. The summed E-state index contributed by atoms with van der Waals surface area (Å²) in [6, 6.07) is 21.6. The van der Waals surface area contributed by atoms with Gasteiger partial charge in [-0.15, -0.1) is 11.3 Å². The number of thiazole rings is 1. The van der Waals surface area contributed by atoms with E-state index in [9.17, 15) is 14.7 Å². The molecule has 0 spiro atoms. The van der Waals surface area contributed by atoms with Crippen LogP contribution in [0, 0.1) is 6.92 Å². The number of aryl methyl sites for hydroxylation is 1. The Hall–Kier alpha value is -4.25. The minimum absolute atomic E-state index is 0.0884. The molecule has 1 fully saturated rings. The fraction of sp³-hybridized carbons (Fsp3) is 0.343. The number of hydrogen-bond acceptors (Lipinski definition) is 8. The molecule has 45 heavy (non-hydrogen) atoms. The lowest BCUT2D eigenvalue weighted by molar-refractivity contribution is 0.0735. The van der Waals surface area contributed by atoms with Crippen molar-refractivity contribution in [2.24, 2.45) is 0 Å². The first kappa shape index (κ1) is 32.2. The number of rotatable bonds is 13. The number of ether oxygens (including phenoxy) is 2. The highest BCUT2D eigenvalue weighted by Crippen LogP contribution is 2.35. The lowest BCUT2D eigenvalue weighted by atomic mass is 10.00. The summed E-state index contributed by atoms with van der Waals surface area (Å²) in [6.07, 6.45) is 1.27. The van der Waals surface area contributed by atoms with Crippen LogP contribution in [0.3, 0.4) is 0 Å². The molecular formula is C35H40N4O5S. The van der Waals surface area contributed by atoms with Crippen molar-refractivity contribution in [1.29, 1.82) is 0 Å². The molecule has 0 radical (unpaired) electrons. The molecule has 10 heteroatoms. The normalized spacial score (nSPS) is 15.8. The van der Waals surface area contributed by atoms with E-state index in [2.05, 4.69) is 15.6 Å². The molecule has 3 atom stereocenters. The van der Waals surface area contributed by atoms with Gasteiger partial charge in [-0.2, -0.15) is 0 Å². The van der Waals surface area contributed by atoms with Gasteiger partial charge in [0.05, 0.1) is 32.4 Å². The average Bonchev–Trinajstić information content (AvgIpc) is 3.73. The van der Waals surface area contributed by atoms with E-state index in [-0.39, 0.29) is 24.1 Å². The Morgan fingerprint density at radius 2 is 1.76 bits per heavy atom. The number of aromatic nitrogens is 1. The predicted molar refractivity (Wildman–Crippen MR) is 175 cm³/mol. The zero-order valence-electron chi connectivity index (χ0n) is 25.9. The number of aliphatic hydroxyl groups is 1. The van der Waals surface area contributed by atoms with Gasteiger partial charge in [-0.05, 0) is 67.6 Å². The summed E-state index contributed by atoms with van der Waals surface area (Å²) in [5, 5.41) is 20.5. The summed E-state index contributed by atoms with van der Waals surface area (Å²) in [7, 11) is 3.14. The third kappa shape index (κ3) is 8.27. The van der Waals surface area contributed by atoms with Crippen molar-refractivity contribution in [2.75, 3.05) is 27.3 Å². The van der Waals surface area contributed by atoms with Crippen molar-refractivity contribution in [3.05, 3.63) is 111 Å². The number of likely N-dealkylation sites (tertiary alicyclic amines) is 1. The quantitative estimate of drug-likeness (QED) is 0.192. The van der Waals surface area contributed by atoms with Gasteiger partial charge in [-0.25, -0.2) is 4.98 Å². The molecule has 0 bridgehead atoms. The van der Waals surface area contributed by atoms with Gasteiger partial charge in [0, 0.05) is 41.8 Å². The van der Waals surface area contributed by atoms with Gasteiger partial charge in [0.15, 0.2) is 0 Å². The molecule has 3 unspecified atom stereocenters. The Morgan fingerprint density at radius 3 is 2.49 bits per heavy atom. The Balaban J connectivity index is 1.32. The minimum Gasteiger partial charge on any atom is -0.497 e. The first-order valence-electron chi connectivity index (χ1n) is 15.1. The number of hydrogen-bond donors (Lipinski definition) is 3. The molecule has 9 nitrogen and oxygen atoms in total. The number of carbonyl (C=O) groups excluding carboxylic acids is 2. The van der Waals surface area contributed by atoms with E-state index in [1.54, 1.807) is 36.6 Å². The molecule has 236 valence electrons. The summed E-state index contributed by atoms with van der Waals surface area (Å²) in [4.78, 5) is 34.0. The van der Waals surface area contributed by atoms with Gasteiger partial charge in [0.2, 0.25) is 0 Å². The predicted octanol–water partition coefficient (Wildman–Crippen LogP) is 4.94. The molecule has 1 saturated heterocycles. The highest BCUT2D eigenvalue weighted by molar-refractivity contribution is 7.09. The highest BCUT2D eigenvalue weighted by Gasteiger charge is 2.33. The van der Waals surface area contributed by atoms with Crippen molar-refractivity contribution < 1.29 is 24.2 Å². The van der Waals surface area contributed by atoms with Crippen LogP contribution in [-0.4, -0.2) is 66.3 Å². The molecule has 4 aromatic rings. The van der Waals surface area contributed by atoms with Crippen molar-refractivity contribution in [3.8, 4) is 11.5 Å². The molecule has 1 aliphatic heterocycles. The summed E-state index contributed by atoms with van der Waals surface area (Å²) >= 11 is 1.57. The van der Waals surface area contributed by atoms with E-state index in [0.29, 0.717) is 30.8 Å². The molecule has 1 aliphatic rings. The van der Waals surface area contributed by atoms with Crippen LogP contribution in [0.5, 0.6) is 11.5 Å². The zero-order valence-corrected chi connectivity index (χ0v) is 26.7. The van der Waals surface area contributed by atoms with E-state index < -0.39 is 18.1 Å². The zero-order chi connectivity index (χ0) is 31.8. The first-order valence-corrected chi connectivity index (χ1v) is 16.0. The number of methoxy groups -OCH3 is 2. The van der Waals surface area contributed by atoms with Crippen LogP contribution >= 0.6 is 11.3 Å². The van der Waals surface area contributed by atoms with Crippen LogP contribution in [0.4, 0.5) is 0 Å². The van der Waals surface area contributed by atoms with E-state index in [0.717, 1.165) is 40.4 Å². The average molecular weight is 629 g/mol. The van der Waals surface area contributed by atoms with Crippen molar-refractivity contribution in [3.63, 3.8) is 0 Å². The summed E-state index contributed by atoms with van der Waals surface area (Å²) in [5.74, 6) is 0.607. The SMILES string of the molecule is COc1cccc(CNCC(O)C(Cc2ccccc2)NC(=O)c2cc(OC)cc(C(=O)N3CCCC3c3nc(C)cs3)c2)c1. The molecular weight excluding hydrogens is 588 g/mol. The topological polar surface area (TPSA) is 113 Å². The lowest BCUT2D eigenvalue weighted by Crippen LogP contribution is -2.48. The van der Waals surface area contributed by atoms with Crippen molar-refractivity contribution in [1.82, 2.24) is 20.5 Å². The molecule has 1 aromatic heterocycles. The summed E-state index contributed by atoms with van der Waals surface area (Å²) in [6.45, 7) is 3.35. The number of benzene rings is 3. The van der Waals surface area contributed by atoms with Gasteiger partial charge in [0.25, 0.3) is 11.8 Å². The van der Waals surface area contributed by atoms with Gasteiger partial charge in [-0.1, -0.05) is 42.5 Å². The van der Waals surface area contributed by atoms with Crippen LogP contribution in [0.2, 0.25) is 0 Å². The first-order chi connectivity index (χ1) is 21.8. The number of carbonyl (C=O) groups is 2. The Bertz CT molecular complexity index is 1590. The molecule has 5 rings (SSSR count). The van der Waals surface area contributed by atoms with Gasteiger partial charge in [-0.3, -0.25) is 9.59 Å². The fourth-order valence-corrected chi connectivity index (χ4v) is 6.56. The maximum Gasteiger partial charge on any atom is 0.254 e. The van der Waals surface area contributed by atoms with Crippen LogP contribution < -0.4 is 20.1 Å². The van der Waals surface area contributed by atoms with Crippen LogP contribution in [-0.2, 0) is 13.0 Å². The minimum atomic E-state index is -0.890. The maximum atomic E-state index is 13.8. The monoisotopic (exact) mass is 628 g/mol. The number of nitrogens with zero attached hydrogens (tertiary/aromatic N) is 2. The van der Waals surface area contributed by atoms with Crippen LogP contribution in [0.15, 0.2) is 78.2 Å². The molecule has 3 N–H and O–H groups in total. The van der Waals surface area contributed by atoms with Crippen molar-refractivity contribution >= 4 is 23.2 Å². The van der Waals surface area contributed by atoms with E-state index in [1.807, 2.05) is 71.8 Å². The molecule has 3 aromatic carbocycles. The van der Waals surface area contributed by atoms with Crippen molar-refractivity contribution in [2.45, 2.75) is 50.9 Å². The largest absolute Gasteiger partial charge is 0.497 e. The third-order valence-electron chi connectivity index (χ3n) is 7.98. The molecule has 0 aliphatic carbocycles. The number of nitrogens with one attached hydrogen (secondary N) is 2. The fourth-order valence-electron chi connectivity index (χ4n) is 5.62. The molecule has 2 heterocycles. The smallest absolute Gasteiger partial charge is 0.254 e. The third-order valence-corrected chi connectivity index (χ3v) is 9.05. The van der Waals surface area contributed by atoms with E-state index in [1.165, 1.54) is 7.11 Å². The number of aliphatic hydroxyl groups excluding tert-OH is 1. The summed E-state index contributed by atoms with van der Waals surface area (Å²) in [5.41, 5.74) is 3.60. The Kier molecular flexibility index (Phi) is 10.8. The van der Waals surface area contributed by atoms with Crippen LogP contribution in [0.1, 0.15) is 61.4 Å². The molecule has 2 amide bonds. The van der Waals surface area contributed by atoms with Gasteiger partial charge in [0.1, 0.15) is 16.5 Å².